The lowest BCUT2D eigenvalue weighted by Crippen LogP contribution is -2.48. The highest BCUT2D eigenvalue weighted by molar-refractivity contribution is 5.90. The van der Waals surface area contributed by atoms with Crippen molar-refractivity contribution >= 4 is 22.5 Å². The number of alkyl halides is 4. The number of nitrogens with two attached hydrogens (primary N) is 1. The van der Waals surface area contributed by atoms with Gasteiger partial charge >= 0.3 is 0 Å². The molecule has 2 fully saturated rings. The lowest BCUT2D eigenvalue weighted by atomic mass is 9.98. The number of nitrogen functional groups attached to an aromatic ring is 1. The average molecular weight is 538 g/mol. The zero-order valence-electron chi connectivity index (χ0n) is 20.3. The van der Waals surface area contributed by atoms with E-state index in [-0.39, 0.29) is 52.3 Å². The molecule has 0 spiro atoms. The SMILES string of the molecule is COc1nc(N)nn2c([C@H]3CN(C4COC4)CC3(F)F)c(F)c(-c3ccc4nnn([C@@H](C)C(F)F)c4c3)c12. The first-order chi connectivity index (χ1) is 18.1. The molecule has 15 heteroatoms. The Kier molecular flexibility index (Phi) is 5.68. The Morgan fingerprint density at radius 3 is 2.66 bits per heavy atom. The van der Waals surface area contributed by atoms with Crippen LogP contribution in [-0.2, 0) is 4.74 Å². The molecule has 0 aliphatic carbocycles. The van der Waals surface area contributed by atoms with E-state index in [0.29, 0.717) is 18.7 Å². The summed E-state index contributed by atoms with van der Waals surface area (Å²) in [6.45, 7) is 1.24. The molecule has 2 aliphatic rings. The molecule has 0 bridgehead atoms. The molecular formula is C23H23F5N8O2. The summed E-state index contributed by atoms with van der Waals surface area (Å²) in [7, 11) is 1.28. The van der Waals surface area contributed by atoms with Gasteiger partial charge < -0.3 is 15.2 Å². The fourth-order valence-electron chi connectivity index (χ4n) is 5.15. The summed E-state index contributed by atoms with van der Waals surface area (Å²) >= 11 is 0. The summed E-state index contributed by atoms with van der Waals surface area (Å²) in [5, 5.41) is 11.8. The molecule has 0 unspecified atom stereocenters. The zero-order chi connectivity index (χ0) is 26.9. The molecule has 5 heterocycles. The first kappa shape index (κ1) is 24.7. The van der Waals surface area contributed by atoms with Crippen LogP contribution in [0.15, 0.2) is 18.2 Å². The van der Waals surface area contributed by atoms with Gasteiger partial charge in [-0.25, -0.2) is 31.1 Å². The van der Waals surface area contributed by atoms with Crippen molar-refractivity contribution in [2.45, 2.75) is 37.3 Å². The van der Waals surface area contributed by atoms with Crippen LogP contribution in [0.2, 0.25) is 0 Å². The van der Waals surface area contributed by atoms with Gasteiger partial charge in [-0.3, -0.25) is 4.90 Å². The van der Waals surface area contributed by atoms with Crippen molar-refractivity contribution in [1.29, 1.82) is 0 Å². The normalized spacial score (nSPS) is 21.0. The summed E-state index contributed by atoms with van der Waals surface area (Å²) in [6, 6.07) is 2.93. The predicted molar refractivity (Wildman–Crippen MR) is 125 cm³/mol. The average Bonchev–Trinajstić information content (AvgIpc) is 3.47. The fourth-order valence-corrected chi connectivity index (χ4v) is 5.15. The summed E-state index contributed by atoms with van der Waals surface area (Å²) < 4.78 is 86.6. The smallest absolute Gasteiger partial charge is 0.270 e. The summed E-state index contributed by atoms with van der Waals surface area (Å²) in [5.74, 6) is -6.23. The van der Waals surface area contributed by atoms with E-state index in [1.807, 2.05) is 0 Å². The Morgan fingerprint density at radius 2 is 2.00 bits per heavy atom. The van der Waals surface area contributed by atoms with Gasteiger partial charge in [0, 0.05) is 6.54 Å². The lowest BCUT2D eigenvalue weighted by Gasteiger charge is -2.34. The van der Waals surface area contributed by atoms with E-state index in [0.717, 1.165) is 9.20 Å². The second-order valence-electron chi connectivity index (χ2n) is 9.56. The van der Waals surface area contributed by atoms with Crippen LogP contribution in [0.3, 0.4) is 0 Å². The van der Waals surface area contributed by atoms with Gasteiger partial charge in [-0.2, -0.15) is 4.98 Å². The monoisotopic (exact) mass is 538 g/mol. The van der Waals surface area contributed by atoms with Crippen LogP contribution >= 0.6 is 0 Å². The molecule has 2 saturated heterocycles. The van der Waals surface area contributed by atoms with Crippen molar-refractivity contribution in [3.05, 3.63) is 29.7 Å². The molecule has 2 aliphatic heterocycles. The molecule has 4 aromatic rings. The number of nitrogens with zero attached hydrogens (tertiary/aromatic N) is 7. The summed E-state index contributed by atoms with van der Waals surface area (Å²) in [4.78, 5) is 5.60. The quantitative estimate of drug-likeness (QED) is 0.373. The van der Waals surface area contributed by atoms with E-state index in [1.54, 1.807) is 4.90 Å². The number of anilines is 1. The third kappa shape index (κ3) is 3.66. The predicted octanol–water partition coefficient (Wildman–Crippen LogP) is 3.13. The lowest BCUT2D eigenvalue weighted by molar-refractivity contribution is -0.0715. The number of fused-ring (bicyclic) bond motifs is 2. The minimum Gasteiger partial charge on any atom is -0.479 e. The Hall–Kier alpha value is -3.59. The molecule has 202 valence electrons. The van der Waals surface area contributed by atoms with Crippen LogP contribution in [0.1, 0.15) is 24.6 Å². The van der Waals surface area contributed by atoms with E-state index in [2.05, 4.69) is 20.4 Å². The molecule has 38 heavy (non-hydrogen) atoms. The molecule has 2 atom stereocenters. The first-order valence-corrected chi connectivity index (χ1v) is 11.9. The minimum absolute atomic E-state index is 0.0179. The molecule has 10 nitrogen and oxygen atoms in total. The number of halogens is 5. The fraction of sp³-hybridized carbons (Fsp3) is 0.478. The van der Waals surface area contributed by atoms with E-state index in [9.17, 15) is 8.78 Å². The van der Waals surface area contributed by atoms with E-state index < -0.39 is 36.7 Å². The molecular weight excluding hydrogens is 515 g/mol. The van der Waals surface area contributed by atoms with Gasteiger partial charge in [-0.05, 0) is 24.6 Å². The number of hydrogen-bond donors (Lipinski definition) is 1. The second-order valence-corrected chi connectivity index (χ2v) is 9.56. The summed E-state index contributed by atoms with van der Waals surface area (Å²) in [5.41, 5.74) is 6.03. The van der Waals surface area contributed by atoms with Crippen LogP contribution in [0, 0.1) is 5.82 Å². The maximum Gasteiger partial charge on any atom is 0.270 e. The Morgan fingerprint density at radius 1 is 1.24 bits per heavy atom. The molecule has 0 saturated carbocycles. The van der Waals surface area contributed by atoms with Gasteiger partial charge in [-0.1, -0.05) is 11.3 Å². The standard InChI is InChI=1S/C23H23F5N8O2/c1-10(20(25)26)35-15-5-11(3-4-14(15)31-33-35)16-17(24)18(36-19(16)21(37-2)30-22(29)32-36)13-6-34(9-23(13,27)28)12-7-38-8-12/h3-5,10,12-13,20H,6-9H2,1-2H3,(H2,29,32)/t10-,13+/m0/s1. The van der Waals surface area contributed by atoms with Crippen LogP contribution in [0.5, 0.6) is 5.88 Å². The van der Waals surface area contributed by atoms with Crippen LogP contribution in [0.25, 0.3) is 27.7 Å². The Balaban J connectivity index is 1.58. The van der Waals surface area contributed by atoms with Crippen molar-refractivity contribution in [2.75, 3.05) is 39.1 Å². The number of methoxy groups -OCH3 is 1. The van der Waals surface area contributed by atoms with Gasteiger partial charge in [0.1, 0.15) is 17.1 Å². The van der Waals surface area contributed by atoms with E-state index >= 15 is 13.2 Å². The van der Waals surface area contributed by atoms with Crippen LogP contribution < -0.4 is 10.5 Å². The number of hydrogen-bond acceptors (Lipinski definition) is 8. The molecule has 6 rings (SSSR count). The molecule has 3 aromatic heterocycles. The van der Waals surface area contributed by atoms with E-state index in [4.69, 9.17) is 15.2 Å². The zero-order valence-corrected chi connectivity index (χ0v) is 20.3. The third-order valence-corrected chi connectivity index (χ3v) is 7.25. The van der Waals surface area contributed by atoms with Crippen molar-refractivity contribution in [3.8, 4) is 17.0 Å². The van der Waals surface area contributed by atoms with E-state index in [1.165, 1.54) is 32.2 Å². The van der Waals surface area contributed by atoms with Crippen molar-refractivity contribution in [2.24, 2.45) is 0 Å². The number of ether oxygens (including phenoxy) is 2. The van der Waals surface area contributed by atoms with Crippen molar-refractivity contribution < 1.29 is 31.4 Å². The highest BCUT2D eigenvalue weighted by atomic mass is 19.3. The third-order valence-electron chi connectivity index (χ3n) is 7.25. The summed E-state index contributed by atoms with van der Waals surface area (Å²) in [6.07, 6.45) is -2.73. The van der Waals surface area contributed by atoms with Crippen LogP contribution in [-0.4, -0.2) is 86.3 Å². The van der Waals surface area contributed by atoms with Gasteiger partial charge in [0.2, 0.25) is 11.8 Å². The number of likely N-dealkylation sites (tertiary alicyclic amines) is 1. The number of rotatable bonds is 6. The topological polar surface area (TPSA) is 109 Å². The van der Waals surface area contributed by atoms with Gasteiger partial charge in [-0.15, -0.1) is 10.2 Å². The maximum absolute atomic E-state index is 16.4. The van der Waals surface area contributed by atoms with Crippen molar-refractivity contribution in [1.82, 2.24) is 34.5 Å². The van der Waals surface area contributed by atoms with Crippen LogP contribution in [0.4, 0.5) is 27.9 Å². The van der Waals surface area contributed by atoms with Gasteiger partial charge in [0.15, 0.2) is 5.82 Å². The second kappa shape index (κ2) is 8.73. The van der Waals surface area contributed by atoms with Crippen molar-refractivity contribution in [3.63, 3.8) is 0 Å². The highest BCUT2D eigenvalue weighted by Crippen LogP contribution is 2.47. The minimum atomic E-state index is -3.28. The van der Waals surface area contributed by atoms with Gasteiger partial charge in [0.25, 0.3) is 12.3 Å². The molecule has 0 amide bonds. The number of benzene rings is 1. The largest absolute Gasteiger partial charge is 0.479 e. The Labute approximate surface area is 212 Å². The Bertz CT molecular complexity index is 1540. The first-order valence-electron chi connectivity index (χ1n) is 11.9. The molecule has 1 aromatic carbocycles. The molecule has 0 radical (unpaired) electrons. The number of aromatic nitrogens is 6. The maximum atomic E-state index is 16.4. The molecule has 2 N–H and O–H groups in total. The van der Waals surface area contributed by atoms with Gasteiger partial charge in [0.05, 0.1) is 55.6 Å². The highest BCUT2D eigenvalue weighted by Gasteiger charge is 2.54.